The van der Waals surface area contributed by atoms with Crippen LogP contribution in [-0.2, 0) is 4.79 Å². The van der Waals surface area contributed by atoms with E-state index in [2.05, 4.69) is 17.1 Å². The zero-order valence-corrected chi connectivity index (χ0v) is 8.96. The summed E-state index contributed by atoms with van der Waals surface area (Å²) < 4.78 is 0. The summed E-state index contributed by atoms with van der Waals surface area (Å²) in [5.41, 5.74) is 0. The van der Waals surface area contributed by atoms with Gasteiger partial charge in [-0.15, -0.1) is 0 Å². The minimum Gasteiger partial charge on any atom is -0.341 e. The van der Waals surface area contributed by atoms with Gasteiger partial charge >= 0.3 is 0 Å². The first-order valence-electron chi connectivity index (χ1n) is 5.79. The second kappa shape index (κ2) is 4.30. The van der Waals surface area contributed by atoms with Crippen molar-refractivity contribution in [2.45, 2.75) is 38.6 Å². The number of amides is 1. The van der Waals surface area contributed by atoms with Gasteiger partial charge in [0.25, 0.3) is 0 Å². The summed E-state index contributed by atoms with van der Waals surface area (Å²) in [5.74, 6) is 0.620. The molecule has 2 rings (SSSR count). The summed E-state index contributed by atoms with van der Waals surface area (Å²) in [4.78, 5) is 13.9. The van der Waals surface area contributed by atoms with E-state index in [0.29, 0.717) is 11.9 Å². The lowest BCUT2D eigenvalue weighted by molar-refractivity contribution is -0.138. The molecule has 14 heavy (non-hydrogen) atoms. The third-order valence-corrected chi connectivity index (χ3v) is 3.40. The monoisotopic (exact) mass is 196 g/mol. The van der Waals surface area contributed by atoms with E-state index < -0.39 is 0 Å². The van der Waals surface area contributed by atoms with E-state index in [-0.39, 0.29) is 5.92 Å². The maximum atomic E-state index is 11.8. The largest absolute Gasteiger partial charge is 0.341 e. The van der Waals surface area contributed by atoms with Gasteiger partial charge in [0, 0.05) is 25.0 Å². The van der Waals surface area contributed by atoms with Crippen LogP contribution in [0.15, 0.2) is 0 Å². The Morgan fingerprint density at radius 1 is 1.43 bits per heavy atom. The zero-order chi connectivity index (χ0) is 9.97. The van der Waals surface area contributed by atoms with Gasteiger partial charge in [0.05, 0.1) is 0 Å². The van der Waals surface area contributed by atoms with Crippen molar-refractivity contribution in [1.82, 2.24) is 10.2 Å². The number of nitrogens with one attached hydrogen (secondary N) is 1. The fraction of sp³-hybridized carbons (Fsp3) is 0.909. The lowest BCUT2D eigenvalue weighted by Gasteiger charge is -2.32. The van der Waals surface area contributed by atoms with Gasteiger partial charge in [-0.2, -0.15) is 0 Å². The van der Waals surface area contributed by atoms with Crippen LogP contribution in [0.2, 0.25) is 0 Å². The Hall–Kier alpha value is -0.570. The average Bonchev–Trinajstić information content (AvgIpc) is 2.66. The summed E-state index contributed by atoms with van der Waals surface area (Å²) in [7, 11) is 0. The van der Waals surface area contributed by atoms with Crippen LogP contribution in [0.25, 0.3) is 0 Å². The van der Waals surface area contributed by atoms with E-state index in [9.17, 15) is 4.79 Å². The summed E-state index contributed by atoms with van der Waals surface area (Å²) >= 11 is 0. The molecular weight excluding hydrogens is 176 g/mol. The van der Waals surface area contributed by atoms with Crippen LogP contribution < -0.4 is 5.32 Å². The molecule has 0 saturated carbocycles. The van der Waals surface area contributed by atoms with Crippen molar-refractivity contribution < 1.29 is 4.79 Å². The highest BCUT2D eigenvalue weighted by Gasteiger charge is 2.27. The fourth-order valence-electron chi connectivity index (χ4n) is 2.49. The molecule has 0 bridgehead atoms. The molecule has 1 amide bonds. The zero-order valence-electron chi connectivity index (χ0n) is 8.96. The normalized spacial score (nSPS) is 33.8. The average molecular weight is 196 g/mol. The van der Waals surface area contributed by atoms with Gasteiger partial charge in [-0.1, -0.05) is 6.92 Å². The predicted molar refractivity (Wildman–Crippen MR) is 56.0 cm³/mol. The number of hydrogen-bond acceptors (Lipinski definition) is 2. The van der Waals surface area contributed by atoms with Gasteiger partial charge in [0.2, 0.25) is 5.91 Å². The summed E-state index contributed by atoms with van der Waals surface area (Å²) in [5, 5.41) is 3.45. The minimum absolute atomic E-state index is 0.255. The van der Waals surface area contributed by atoms with Crippen LogP contribution in [0.4, 0.5) is 0 Å². The highest BCUT2D eigenvalue weighted by Crippen LogP contribution is 2.18. The first-order valence-corrected chi connectivity index (χ1v) is 5.79. The van der Waals surface area contributed by atoms with Crippen LogP contribution >= 0.6 is 0 Å². The molecule has 2 saturated heterocycles. The Morgan fingerprint density at radius 3 is 3.00 bits per heavy atom. The first-order chi connectivity index (χ1) is 6.77. The molecule has 2 aliphatic rings. The van der Waals surface area contributed by atoms with Crippen molar-refractivity contribution >= 4 is 5.91 Å². The van der Waals surface area contributed by atoms with Gasteiger partial charge in [0.1, 0.15) is 0 Å². The van der Waals surface area contributed by atoms with Crippen LogP contribution in [0, 0.1) is 5.92 Å². The Morgan fingerprint density at radius 2 is 2.29 bits per heavy atom. The highest BCUT2D eigenvalue weighted by atomic mass is 16.2. The van der Waals surface area contributed by atoms with Crippen LogP contribution in [0.5, 0.6) is 0 Å². The number of piperidine rings is 1. The Kier molecular flexibility index (Phi) is 3.06. The van der Waals surface area contributed by atoms with Gasteiger partial charge < -0.3 is 10.2 Å². The molecule has 80 valence electrons. The Balaban J connectivity index is 1.86. The maximum Gasteiger partial charge on any atom is 0.225 e. The molecule has 2 heterocycles. The van der Waals surface area contributed by atoms with Crippen molar-refractivity contribution in [2.75, 3.05) is 19.6 Å². The SMILES string of the molecule is CC1CCCN(C[C@@H]2CCCN2)C1=O. The number of nitrogens with zero attached hydrogens (tertiary/aromatic N) is 1. The van der Waals surface area contributed by atoms with Crippen molar-refractivity contribution in [3.05, 3.63) is 0 Å². The quantitative estimate of drug-likeness (QED) is 0.714. The third-order valence-electron chi connectivity index (χ3n) is 3.40. The van der Waals surface area contributed by atoms with Crippen molar-refractivity contribution in [2.24, 2.45) is 5.92 Å². The smallest absolute Gasteiger partial charge is 0.225 e. The molecule has 1 unspecified atom stereocenters. The van der Waals surface area contributed by atoms with E-state index in [1.54, 1.807) is 0 Å². The molecule has 0 spiro atoms. The van der Waals surface area contributed by atoms with Crippen LogP contribution in [-0.4, -0.2) is 36.5 Å². The van der Waals surface area contributed by atoms with Gasteiger partial charge in [-0.25, -0.2) is 0 Å². The summed E-state index contributed by atoms with van der Waals surface area (Å²) in [6, 6.07) is 0.559. The predicted octanol–water partition coefficient (Wildman–Crippen LogP) is 0.997. The molecule has 0 radical (unpaired) electrons. The van der Waals surface area contributed by atoms with Gasteiger partial charge in [0.15, 0.2) is 0 Å². The Bertz CT molecular complexity index is 211. The van der Waals surface area contributed by atoms with Gasteiger partial charge in [-0.05, 0) is 32.2 Å². The number of rotatable bonds is 2. The molecule has 0 aliphatic carbocycles. The van der Waals surface area contributed by atoms with Crippen LogP contribution in [0.1, 0.15) is 32.6 Å². The molecule has 2 aliphatic heterocycles. The number of carbonyl (C=O) groups excluding carboxylic acids is 1. The molecule has 0 aromatic carbocycles. The van der Waals surface area contributed by atoms with E-state index in [0.717, 1.165) is 26.1 Å². The highest BCUT2D eigenvalue weighted by molar-refractivity contribution is 5.79. The topological polar surface area (TPSA) is 32.3 Å². The number of hydrogen-bond donors (Lipinski definition) is 1. The number of carbonyl (C=O) groups is 1. The summed E-state index contributed by atoms with van der Waals surface area (Å²) in [6.45, 7) is 5.09. The molecule has 2 fully saturated rings. The van der Waals surface area contributed by atoms with E-state index in [4.69, 9.17) is 0 Å². The molecule has 0 aromatic heterocycles. The molecule has 3 nitrogen and oxygen atoms in total. The molecule has 0 aromatic rings. The Labute approximate surface area is 85.8 Å². The van der Waals surface area contributed by atoms with E-state index >= 15 is 0 Å². The lowest BCUT2D eigenvalue weighted by atomic mass is 9.98. The second-order valence-electron chi connectivity index (χ2n) is 4.62. The molecular formula is C11H20N2O. The van der Waals surface area contributed by atoms with Crippen LogP contribution in [0.3, 0.4) is 0 Å². The van der Waals surface area contributed by atoms with Crippen molar-refractivity contribution in [3.8, 4) is 0 Å². The first kappa shape index (κ1) is 9.97. The molecule has 2 atom stereocenters. The lowest BCUT2D eigenvalue weighted by Crippen LogP contribution is -2.46. The maximum absolute atomic E-state index is 11.8. The van der Waals surface area contributed by atoms with Crippen molar-refractivity contribution in [3.63, 3.8) is 0 Å². The molecule has 3 heteroatoms. The van der Waals surface area contributed by atoms with Gasteiger partial charge in [-0.3, -0.25) is 4.79 Å². The summed E-state index contributed by atoms with van der Waals surface area (Å²) in [6.07, 6.45) is 4.76. The third kappa shape index (κ3) is 2.08. The standard InChI is InChI=1S/C11H20N2O/c1-9-4-3-7-13(11(9)14)8-10-5-2-6-12-10/h9-10,12H,2-8H2,1H3/t9?,10-/m0/s1. The van der Waals surface area contributed by atoms with E-state index in [1.165, 1.54) is 19.3 Å². The fourth-order valence-corrected chi connectivity index (χ4v) is 2.49. The second-order valence-corrected chi connectivity index (χ2v) is 4.62. The minimum atomic E-state index is 0.255. The van der Waals surface area contributed by atoms with E-state index in [1.807, 2.05) is 0 Å². The van der Waals surface area contributed by atoms with Crippen molar-refractivity contribution in [1.29, 1.82) is 0 Å². The molecule has 1 N–H and O–H groups in total. The number of likely N-dealkylation sites (tertiary alicyclic amines) is 1.